The van der Waals surface area contributed by atoms with E-state index in [2.05, 4.69) is 38.4 Å². The molecule has 4 aromatic rings. The molecule has 1 aliphatic rings. The molecule has 0 amide bonds. The van der Waals surface area contributed by atoms with Gasteiger partial charge in [-0.15, -0.1) is 0 Å². The number of nitrogens with one attached hydrogen (secondary N) is 1. The van der Waals surface area contributed by atoms with Crippen LogP contribution < -0.4 is 15.0 Å². The topological polar surface area (TPSA) is 63.2 Å². The van der Waals surface area contributed by atoms with Crippen LogP contribution in [-0.2, 0) is 6.54 Å². The predicted octanol–water partition coefficient (Wildman–Crippen LogP) is 4.52. The molecule has 1 N–H and O–H groups in total. The maximum atomic E-state index is 5.42. The second-order valence-electron chi connectivity index (χ2n) is 7.75. The number of benzene rings is 2. The third-order valence-corrected chi connectivity index (χ3v) is 6.72. The summed E-state index contributed by atoms with van der Waals surface area (Å²) >= 11 is 1.78. The Morgan fingerprint density at radius 1 is 1.10 bits per heavy atom. The van der Waals surface area contributed by atoms with Crippen LogP contribution in [0.25, 0.3) is 21.6 Å². The van der Waals surface area contributed by atoms with Gasteiger partial charge in [-0.05, 0) is 37.1 Å². The molecule has 7 heteroatoms. The fraction of sp³-hybridized carbons (Fsp3) is 0.292. The molecular weight excluding hydrogens is 406 g/mol. The zero-order valence-corrected chi connectivity index (χ0v) is 18.3. The number of aromatic nitrogens is 3. The molecule has 2 aromatic carbocycles. The number of anilines is 1. The molecule has 0 unspecified atom stereocenters. The standard InChI is InChI=1S/C24H25N5OS/c1-30-21-10-4-2-8-19(21)23-26-14-17(15-27-23)13-25-18-7-6-12-29(16-18)24-28-20-9-3-5-11-22(20)31-24/h2-5,8-11,14-15,18,25H,6-7,12-13,16H2,1H3/t18-/m1/s1. The van der Waals surface area contributed by atoms with Gasteiger partial charge in [0.1, 0.15) is 5.75 Å². The van der Waals surface area contributed by atoms with Gasteiger partial charge in [-0.1, -0.05) is 35.6 Å². The van der Waals surface area contributed by atoms with Crippen molar-refractivity contribution < 1.29 is 4.74 Å². The zero-order valence-electron chi connectivity index (χ0n) is 17.5. The number of para-hydroxylation sites is 2. The maximum absolute atomic E-state index is 5.42. The highest BCUT2D eigenvalue weighted by Crippen LogP contribution is 2.30. The van der Waals surface area contributed by atoms with E-state index >= 15 is 0 Å². The van der Waals surface area contributed by atoms with E-state index in [9.17, 15) is 0 Å². The lowest BCUT2D eigenvalue weighted by Gasteiger charge is -2.33. The molecular formula is C24H25N5OS. The van der Waals surface area contributed by atoms with Gasteiger partial charge in [-0.25, -0.2) is 15.0 Å². The lowest BCUT2D eigenvalue weighted by atomic mass is 10.1. The van der Waals surface area contributed by atoms with Crippen LogP contribution in [-0.4, -0.2) is 41.2 Å². The van der Waals surface area contributed by atoms with Gasteiger partial charge in [0.15, 0.2) is 11.0 Å². The average Bonchev–Trinajstić information content (AvgIpc) is 3.28. The summed E-state index contributed by atoms with van der Waals surface area (Å²) in [6, 6.07) is 16.6. The van der Waals surface area contributed by atoms with Gasteiger partial charge >= 0.3 is 0 Å². The number of ether oxygens (including phenoxy) is 1. The molecule has 0 aliphatic carbocycles. The minimum absolute atomic E-state index is 0.426. The normalized spacial score (nSPS) is 16.5. The minimum atomic E-state index is 0.426. The molecule has 3 heterocycles. The molecule has 158 valence electrons. The van der Waals surface area contributed by atoms with Crippen molar-refractivity contribution >= 4 is 26.7 Å². The Morgan fingerprint density at radius 3 is 2.74 bits per heavy atom. The molecule has 0 saturated carbocycles. The third-order valence-electron chi connectivity index (χ3n) is 5.62. The third kappa shape index (κ3) is 4.38. The van der Waals surface area contributed by atoms with E-state index in [1.807, 2.05) is 42.7 Å². The largest absolute Gasteiger partial charge is 0.496 e. The van der Waals surface area contributed by atoms with Gasteiger partial charge in [0, 0.05) is 43.6 Å². The first-order chi connectivity index (χ1) is 15.3. The maximum Gasteiger partial charge on any atom is 0.186 e. The van der Waals surface area contributed by atoms with Gasteiger partial charge < -0.3 is 15.0 Å². The van der Waals surface area contributed by atoms with Gasteiger partial charge in [0.2, 0.25) is 0 Å². The fourth-order valence-corrected chi connectivity index (χ4v) is 4.99. The summed E-state index contributed by atoms with van der Waals surface area (Å²) in [7, 11) is 1.67. The summed E-state index contributed by atoms with van der Waals surface area (Å²) in [5, 5.41) is 4.81. The monoisotopic (exact) mass is 431 g/mol. The Hall–Kier alpha value is -3.03. The summed E-state index contributed by atoms with van der Waals surface area (Å²) in [6.07, 6.45) is 6.13. The molecule has 0 radical (unpaired) electrons. The summed E-state index contributed by atoms with van der Waals surface area (Å²) in [4.78, 5) is 16.4. The number of rotatable bonds is 6. The van der Waals surface area contributed by atoms with Crippen LogP contribution in [0.3, 0.4) is 0 Å². The Bertz CT molecular complexity index is 1130. The molecule has 6 nitrogen and oxygen atoms in total. The van der Waals surface area contributed by atoms with Crippen LogP contribution in [0.2, 0.25) is 0 Å². The van der Waals surface area contributed by atoms with Crippen molar-refractivity contribution in [2.24, 2.45) is 0 Å². The Morgan fingerprint density at radius 2 is 1.90 bits per heavy atom. The van der Waals surface area contributed by atoms with Crippen LogP contribution >= 0.6 is 11.3 Å². The second kappa shape index (κ2) is 8.99. The van der Waals surface area contributed by atoms with E-state index < -0.39 is 0 Å². The zero-order chi connectivity index (χ0) is 21.0. The number of nitrogens with zero attached hydrogens (tertiary/aromatic N) is 4. The van der Waals surface area contributed by atoms with Gasteiger partial charge in [-0.2, -0.15) is 0 Å². The first-order valence-corrected chi connectivity index (χ1v) is 11.4. The van der Waals surface area contributed by atoms with Gasteiger partial charge in [0.25, 0.3) is 0 Å². The lowest BCUT2D eigenvalue weighted by molar-refractivity contribution is 0.416. The Balaban J connectivity index is 1.21. The number of hydrogen-bond donors (Lipinski definition) is 1. The van der Waals surface area contributed by atoms with Crippen molar-refractivity contribution in [3.63, 3.8) is 0 Å². The summed E-state index contributed by atoms with van der Waals surface area (Å²) in [5.41, 5.74) is 3.07. The van der Waals surface area contributed by atoms with E-state index in [1.54, 1.807) is 18.4 Å². The Kier molecular flexibility index (Phi) is 5.78. The molecule has 0 spiro atoms. The van der Waals surface area contributed by atoms with Crippen LogP contribution in [0.5, 0.6) is 5.75 Å². The van der Waals surface area contributed by atoms with Crippen LogP contribution in [0.4, 0.5) is 5.13 Å². The first kappa shape index (κ1) is 19.9. The molecule has 1 aliphatic heterocycles. The van der Waals surface area contributed by atoms with Gasteiger partial charge in [0.05, 0.1) is 22.9 Å². The average molecular weight is 432 g/mol. The van der Waals surface area contributed by atoms with Crippen molar-refractivity contribution in [3.05, 3.63) is 66.5 Å². The highest BCUT2D eigenvalue weighted by atomic mass is 32.1. The molecule has 0 bridgehead atoms. The fourth-order valence-electron chi connectivity index (χ4n) is 3.99. The van der Waals surface area contributed by atoms with Crippen molar-refractivity contribution in [2.45, 2.75) is 25.4 Å². The van der Waals surface area contributed by atoms with Crippen molar-refractivity contribution in [3.8, 4) is 17.1 Å². The minimum Gasteiger partial charge on any atom is -0.496 e. The van der Waals surface area contributed by atoms with Crippen LogP contribution in [0.1, 0.15) is 18.4 Å². The number of piperidine rings is 1. The highest BCUT2D eigenvalue weighted by molar-refractivity contribution is 7.22. The number of thiazole rings is 1. The summed E-state index contributed by atoms with van der Waals surface area (Å²) < 4.78 is 6.67. The number of fused-ring (bicyclic) bond motifs is 1. The van der Waals surface area contributed by atoms with Crippen LogP contribution in [0.15, 0.2) is 60.9 Å². The molecule has 1 saturated heterocycles. The highest BCUT2D eigenvalue weighted by Gasteiger charge is 2.22. The SMILES string of the molecule is COc1ccccc1-c1ncc(CN[C@@H]2CCCN(c3nc4ccccc4s3)C2)cn1. The molecule has 1 fully saturated rings. The molecule has 1 atom stereocenters. The van der Waals surface area contributed by atoms with Crippen molar-refractivity contribution in [2.75, 3.05) is 25.1 Å². The molecule has 31 heavy (non-hydrogen) atoms. The lowest BCUT2D eigenvalue weighted by Crippen LogP contribution is -2.45. The summed E-state index contributed by atoms with van der Waals surface area (Å²) in [5.74, 6) is 1.46. The van der Waals surface area contributed by atoms with Crippen molar-refractivity contribution in [1.29, 1.82) is 0 Å². The second-order valence-corrected chi connectivity index (χ2v) is 8.75. The van der Waals surface area contributed by atoms with E-state index in [-0.39, 0.29) is 0 Å². The number of hydrogen-bond acceptors (Lipinski definition) is 7. The number of methoxy groups -OCH3 is 1. The summed E-state index contributed by atoms with van der Waals surface area (Å²) in [6.45, 7) is 2.79. The first-order valence-electron chi connectivity index (χ1n) is 10.6. The Labute approximate surface area is 185 Å². The van der Waals surface area contributed by atoms with Crippen molar-refractivity contribution in [1.82, 2.24) is 20.3 Å². The smallest absolute Gasteiger partial charge is 0.186 e. The molecule has 2 aromatic heterocycles. The van der Waals surface area contributed by atoms with E-state index in [1.165, 1.54) is 11.1 Å². The van der Waals surface area contributed by atoms with E-state index in [0.717, 1.165) is 53.6 Å². The van der Waals surface area contributed by atoms with Gasteiger partial charge in [-0.3, -0.25) is 0 Å². The molecule has 5 rings (SSSR count). The van der Waals surface area contributed by atoms with E-state index in [4.69, 9.17) is 9.72 Å². The van der Waals surface area contributed by atoms with Crippen LogP contribution in [0, 0.1) is 0 Å². The predicted molar refractivity (Wildman–Crippen MR) is 126 cm³/mol. The van der Waals surface area contributed by atoms with E-state index in [0.29, 0.717) is 11.9 Å². The quantitative estimate of drug-likeness (QED) is 0.484.